The Bertz CT molecular complexity index is 2080. The Hall–Kier alpha value is -4.68. The Morgan fingerprint density at radius 3 is 1.67 bits per heavy atom. The van der Waals surface area contributed by atoms with Gasteiger partial charge in [-0.3, -0.25) is 0 Å². The van der Waals surface area contributed by atoms with Crippen LogP contribution in [-0.4, -0.2) is 0 Å². The summed E-state index contributed by atoms with van der Waals surface area (Å²) in [6.45, 7) is 2.54. The van der Waals surface area contributed by atoms with E-state index in [-0.39, 0.29) is 22.7 Å². The molecule has 0 aromatic heterocycles. The van der Waals surface area contributed by atoms with Crippen molar-refractivity contribution >= 4 is 33.7 Å². The Labute approximate surface area is 247 Å². The summed E-state index contributed by atoms with van der Waals surface area (Å²) in [4.78, 5) is 0. The molecule has 3 aliphatic carbocycles. The summed E-state index contributed by atoms with van der Waals surface area (Å²) in [6, 6.07) is 48.0. The summed E-state index contributed by atoms with van der Waals surface area (Å²) in [5.74, 6) is 0.496. The Morgan fingerprint density at radius 1 is 0.500 bits per heavy atom. The number of benzene rings is 6. The van der Waals surface area contributed by atoms with Crippen LogP contribution in [0.1, 0.15) is 64.1 Å². The molecule has 0 amide bonds. The smallest absolute Gasteiger partial charge is 0.0317 e. The molecule has 200 valence electrons. The number of hydrogen-bond donors (Lipinski definition) is 0. The van der Waals surface area contributed by atoms with Gasteiger partial charge in [-0.15, -0.1) is 0 Å². The molecule has 0 saturated heterocycles. The van der Waals surface area contributed by atoms with E-state index in [0.29, 0.717) is 0 Å². The molecular formula is C42H32. The summed E-state index contributed by atoms with van der Waals surface area (Å²) in [5.41, 5.74) is 9.64. The molecule has 0 fully saturated rings. The van der Waals surface area contributed by atoms with Gasteiger partial charge in [-0.05, 0) is 66.9 Å². The molecule has 4 atom stereocenters. The largest absolute Gasteiger partial charge is 0.0755 e. The molecule has 6 aromatic rings. The first-order valence-corrected chi connectivity index (χ1v) is 15.2. The van der Waals surface area contributed by atoms with Crippen molar-refractivity contribution in [1.29, 1.82) is 0 Å². The summed E-state index contributed by atoms with van der Waals surface area (Å²) in [5, 5.41) is 5.49. The molecule has 0 saturated carbocycles. The van der Waals surface area contributed by atoms with Crippen LogP contribution in [0.2, 0.25) is 0 Å². The average Bonchev–Trinajstić information content (AvgIpc) is 3.32. The van der Waals surface area contributed by atoms with Crippen molar-refractivity contribution in [1.82, 2.24) is 0 Å². The normalized spacial score (nSPS) is 25.2. The highest BCUT2D eigenvalue weighted by atomic mass is 14.6. The fraction of sp³-hybridized carbons (Fsp3) is 0.143. The standard InChI is InChI=1S/C42H32/c1-41(35-25-23-30-13-7-11-28-15-9-19-33(35)39(28)30)27-42(32-17-3-2-4-18-32,38-22-6-5-21-37(38)41)36-26-24-31-14-8-12-29-16-10-20-34(36)40(29)31/h2-26,35-36H,27H2,1H3. The van der Waals surface area contributed by atoms with E-state index in [1.807, 2.05) is 0 Å². The second kappa shape index (κ2) is 8.66. The summed E-state index contributed by atoms with van der Waals surface area (Å²) in [7, 11) is 0. The van der Waals surface area contributed by atoms with Gasteiger partial charge in [-0.2, -0.15) is 0 Å². The lowest BCUT2D eigenvalue weighted by molar-refractivity contribution is 0.331. The molecule has 0 nitrogen and oxygen atoms in total. The zero-order chi connectivity index (χ0) is 27.9. The third-order valence-electron chi connectivity index (χ3n) is 10.7. The minimum absolute atomic E-state index is 0.0938. The topological polar surface area (TPSA) is 0 Å². The van der Waals surface area contributed by atoms with E-state index < -0.39 is 0 Å². The second-order valence-corrected chi connectivity index (χ2v) is 12.7. The van der Waals surface area contributed by atoms with E-state index in [2.05, 4.69) is 159 Å². The van der Waals surface area contributed by atoms with Crippen LogP contribution >= 0.6 is 0 Å². The molecule has 42 heavy (non-hydrogen) atoms. The van der Waals surface area contributed by atoms with Gasteiger partial charge in [0.15, 0.2) is 0 Å². The number of rotatable bonds is 3. The van der Waals surface area contributed by atoms with Gasteiger partial charge in [0.2, 0.25) is 0 Å². The molecule has 0 bridgehead atoms. The van der Waals surface area contributed by atoms with E-state index in [9.17, 15) is 0 Å². The zero-order valence-electron chi connectivity index (χ0n) is 23.8. The van der Waals surface area contributed by atoms with Crippen molar-refractivity contribution in [3.05, 3.63) is 178 Å². The molecule has 0 aliphatic heterocycles. The first kappa shape index (κ1) is 24.0. The molecule has 4 unspecified atom stereocenters. The third-order valence-corrected chi connectivity index (χ3v) is 10.7. The van der Waals surface area contributed by atoms with Gasteiger partial charge in [0.1, 0.15) is 0 Å². The zero-order valence-corrected chi connectivity index (χ0v) is 23.8. The van der Waals surface area contributed by atoms with E-state index in [4.69, 9.17) is 0 Å². The molecule has 9 rings (SSSR count). The van der Waals surface area contributed by atoms with Crippen molar-refractivity contribution in [2.75, 3.05) is 0 Å². The monoisotopic (exact) mass is 536 g/mol. The first-order chi connectivity index (χ1) is 20.7. The van der Waals surface area contributed by atoms with Crippen molar-refractivity contribution in [2.45, 2.75) is 36.0 Å². The van der Waals surface area contributed by atoms with Crippen LogP contribution < -0.4 is 0 Å². The van der Waals surface area contributed by atoms with Crippen molar-refractivity contribution in [3.8, 4) is 0 Å². The predicted molar refractivity (Wildman–Crippen MR) is 177 cm³/mol. The van der Waals surface area contributed by atoms with E-state index >= 15 is 0 Å². The third kappa shape index (κ3) is 3.07. The van der Waals surface area contributed by atoms with Crippen molar-refractivity contribution in [2.24, 2.45) is 0 Å². The fourth-order valence-electron chi connectivity index (χ4n) is 9.06. The molecule has 0 heteroatoms. The van der Waals surface area contributed by atoms with Crippen LogP contribution in [0.15, 0.2) is 140 Å². The lowest BCUT2D eigenvalue weighted by atomic mass is 9.59. The molecule has 6 aromatic carbocycles. The Balaban J connectivity index is 1.33. The van der Waals surface area contributed by atoms with Crippen LogP contribution in [0, 0.1) is 0 Å². The Kier molecular flexibility index (Phi) is 4.94. The van der Waals surface area contributed by atoms with Gasteiger partial charge in [0.25, 0.3) is 0 Å². The first-order valence-electron chi connectivity index (χ1n) is 15.2. The Morgan fingerprint density at radius 2 is 1.02 bits per heavy atom. The van der Waals surface area contributed by atoms with Gasteiger partial charge in [-0.1, -0.05) is 159 Å². The van der Waals surface area contributed by atoms with Crippen LogP contribution in [0.25, 0.3) is 33.7 Å². The average molecular weight is 537 g/mol. The second-order valence-electron chi connectivity index (χ2n) is 12.7. The maximum atomic E-state index is 2.54. The fourth-order valence-corrected chi connectivity index (χ4v) is 9.06. The van der Waals surface area contributed by atoms with E-state index in [0.717, 1.165) is 6.42 Å². The van der Waals surface area contributed by atoms with Gasteiger partial charge in [0, 0.05) is 22.7 Å². The predicted octanol–water partition coefficient (Wildman–Crippen LogP) is 10.6. The molecular weight excluding hydrogens is 504 g/mol. The van der Waals surface area contributed by atoms with Crippen LogP contribution in [0.3, 0.4) is 0 Å². The maximum absolute atomic E-state index is 2.54. The van der Waals surface area contributed by atoms with Crippen LogP contribution in [0.5, 0.6) is 0 Å². The van der Waals surface area contributed by atoms with Gasteiger partial charge in [0.05, 0.1) is 0 Å². The molecule has 0 spiro atoms. The van der Waals surface area contributed by atoms with Gasteiger partial charge < -0.3 is 0 Å². The lowest BCUT2D eigenvalue weighted by Crippen LogP contribution is -2.37. The summed E-state index contributed by atoms with van der Waals surface area (Å²) < 4.78 is 0. The van der Waals surface area contributed by atoms with E-state index in [1.54, 1.807) is 0 Å². The summed E-state index contributed by atoms with van der Waals surface area (Å²) >= 11 is 0. The highest BCUT2D eigenvalue weighted by Crippen LogP contribution is 2.64. The van der Waals surface area contributed by atoms with Crippen molar-refractivity contribution < 1.29 is 0 Å². The molecule has 3 aliphatic rings. The maximum Gasteiger partial charge on any atom is 0.0317 e. The van der Waals surface area contributed by atoms with E-state index in [1.165, 1.54) is 60.5 Å². The number of allylic oxidation sites excluding steroid dienone is 2. The molecule has 0 heterocycles. The minimum Gasteiger partial charge on any atom is -0.0755 e. The SMILES string of the molecule is CC1(C2C=Cc3cccc4cccc2c34)CC(c2ccccc2)(C2C=Cc3cccc4cccc2c34)c2ccccc21. The van der Waals surface area contributed by atoms with Crippen molar-refractivity contribution in [3.63, 3.8) is 0 Å². The van der Waals surface area contributed by atoms with Gasteiger partial charge >= 0.3 is 0 Å². The van der Waals surface area contributed by atoms with Crippen LogP contribution in [0.4, 0.5) is 0 Å². The minimum atomic E-state index is -0.205. The lowest BCUT2D eigenvalue weighted by Gasteiger charge is -2.43. The van der Waals surface area contributed by atoms with Crippen LogP contribution in [-0.2, 0) is 10.8 Å². The number of fused-ring (bicyclic) bond motifs is 1. The summed E-state index contributed by atoms with van der Waals surface area (Å²) in [6.07, 6.45) is 10.8. The highest BCUT2D eigenvalue weighted by molar-refractivity contribution is 5.97. The van der Waals surface area contributed by atoms with Gasteiger partial charge in [-0.25, -0.2) is 0 Å². The number of hydrogen-bond acceptors (Lipinski definition) is 0. The molecule has 0 N–H and O–H groups in total. The molecule has 0 radical (unpaired) electrons. The quantitative estimate of drug-likeness (QED) is 0.211. The highest BCUT2D eigenvalue weighted by Gasteiger charge is 2.57.